The predicted molar refractivity (Wildman–Crippen MR) is 44.2 cm³/mol. The second-order valence-corrected chi connectivity index (χ2v) is 7.45. The van der Waals surface area contributed by atoms with Crippen molar-refractivity contribution in [3.05, 3.63) is 0 Å². The van der Waals surface area contributed by atoms with Crippen LogP contribution in [0.1, 0.15) is 13.8 Å². The minimum absolute atomic E-state index is 0.367. The summed E-state index contributed by atoms with van der Waals surface area (Å²) >= 11 is 0. The summed E-state index contributed by atoms with van der Waals surface area (Å²) in [5.41, 5.74) is -5.29. The summed E-state index contributed by atoms with van der Waals surface area (Å²) in [7, 11) is -7.58. The zero-order valence-electron chi connectivity index (χ0n) is 7.26. The number of hydrogen-bond donors (Lipinski definition) is 0. The third-order valence-electron chi connectivity index (χ3n) is 1.46. The average molecular weight is 236 g/mol. The minimum Gasteiger partial charge on any atom is -0.312 e. The Bertz CT molecular complexity index is 244. The standard InChI is InChI=1S/C5H11F3O3SSi/c1-3-13(4-2)11-12(9,10)5(6,7)8/h13H,3-4H2,1-2H3. The van der Waals surface area contributed by atoms with Crippen molar-refractivity contribution in [1.82, 2.24) is 0 Å². The number of hydrogen-bond acceptors (Lipinski definition) is 3. The van der Waals surface area contributed by atoms with Crippen LogP contribution in [0.5, 0.6) is 0 Å². The molecule has 0 rings (SSSR count). The normalized spacial score (nSPS) is 13.7. The summed E-state index contributed by atoms with van der Waals surface area (Å²) in [6.07, 6.45) is 0. The van der Waals surface area contributed by atoms with Gasteiger partial charge in [-0.1, -0.05) is 13.8 Å². The molecule has 0 spiro atoms. The Balaban J connectivity index is 4.52. The second-order valence-electron chi connectivity index (χ2n) is 2.43. The molecule has 0 saturated heterocycles. The lowest BCUT2D eigenvalue weighted by atomic mass is 11.0. The van der Waals surface area contributed by atoms with Crippen LogP contribution >= 0.6 is 0 Å². The van der Waals surface area contributed by atoms with Crippen molar-refractivity contribution in [2.75, 3.05) is 0 Å². The molecule has 0 bridgehead atoms. The zero-order valence-corrected chi connectivity index (χ0v) is 9.23. The Kier molecular flexibility index (Phi) is 4.40. The van der Waals surface area contributed by atoms with Crippen LogP contribution in [0.2, 0.25) is 12.1 Å². The molecule has 0 N–H and O–H groups in total. The van der Waals surface area contributed by atoms with Gasteiger partial charge >= 0.3 is 15.6 Å². The SMILES string of the molecule is CC[SiH](CC)OS(=O)(=O)C(F)(F)F. The van der Waals surface area contributed by atoms with Gasteiger partial charge in [-0.05, 0) is 12.1 Å². The highest BCUT2D eigenvalue weighted by atomic mass is 32.2. The van der Waals surface area contributed by atoms with E-state index >= 15 is 0 Å². The topological polar surface area (TPSA) is 43.4 Å². The van der Waals surface area contributed by atoms with E-state index in [-0.39, 0.29) is 0 Å². The third kappa shape index (κ3) is 3.65. The monoisotopic (exact) mass is 236 g/mol. The van der Waals surface area contributed by atoms with Gasteiger partial charge < -0.3 is 3.87 Å². The van der Waals surface area contributed by atoms with E-state index in [1.54, 1.807) is 13.8 Å². The smallest absolute Gasteiger partial charge is 0.312 e. The molecule has 0 saturated carbocycles. The van der Waals surface area contributed by atoms with E-state index in [2.05, 4.69) is 3.87 Å². The van der Waals surface area contributed by atoms with E-state index in [9.17, 15) is 21.6 Å². The summed E-state index contributed by atoms with van der Waals surface area (Å²) in [6.45, 7) is 3.23. The first-order valence-corrected chi connectivity index (χ1v) is 7.25. The van der Waals surface area contributed by atoms with Crippen molar-refractivity contribution in [1.29, 1.82) is 0 Å². The maximum absolute atomic E-state index is 11.8. The quantitative estimate of drug-likeness (QED) is 0.550. The van der Waals surface area contributed by atoms with Gasteiger partial charge in [0.15, 0.2) is 0 Å². The summed E-state index contributed by atoms with van der Waals surface area (Å²) in [6, 6.07) is 0.734. The van der Waals surface area contributed by atoms with E-state index in [0.717, 1.165) is 0 Å². The Labute approximate surface area is 76.7 Å². The molecule has 0 heterocycles. The van der Waals surface area contributed by atoms with E-state index < -0.39 is 24.7 Å². The molecular formula is C5H11F3O3SSi. The van der Waals surface area contributed by atoms with Crippen molar-refractivity contribution in [2.24, 2.45) is 0 Å². The van der Waals surface area contributed by atoms with Crippen LogP contribution < -0.4 is 0 Å². The van der Waals surface area contributed by atoms with Crippen molar-refractivity contribution < 1.29 is 25.5 Å². The highest BCUT2D eigenvalue weighted by Crippen LogP contribution is 2.26. The Morgan fingerprint density at radius 2 is 1.62 bits per heavy atom. The first kappa shape index (κ1) is 12.9. The van der Waals surface area contributed by atoms with Crippen molar-refractivity contribution >= 4 is 19.2 Å². The molecule has 0 aliphatic heterocycles. The molecule has 0 unspecified atom stereocenters. The highest BCUT2D eigenvalue weighted by Gasteiger charge is 2.47. The molecule has 8 heteroatoms. The van der Waals surface area contributed by atoms with Crippen molar-refractivity contribution in [3.63, 3.8) is 0 Å². The molecule has 0 radical (unpaired) electrons. The summed E-state index contributed by atoms with van der Waals surface area (Å²) in [4.78, 5) is 0. The van der Waals surface area contributed by atoms with Crippen LogP contribution in [-0.4, -0.2) is 23.0 Å². The molecule has 0 amide bonds. The van der Waals surface area contributed by atoms with Gasteiger partial charge in [-0.15, -0.1) is 0 Å². The molecule has 0 aliphatic carbocycles. The summed E-state index contributed by atoms with van der Waals surface area (Å²) < 4.78 is 60.3. The first-order chi connectivity index (χ1) is 5.74. The van der Waals surface area contributed by atoms with Crippen molar-refractivity contribution in [3.8, 4) is 0 Å². The average Bonchev–Trinajstić information content (AvgIpc) is 1.98. The van der Waals surface area contributed by atoms with Gasteiger partial charge in [0.1, 0.15) is 0 Å². The highest BCUT2D eigenvalue weighted by molar-refractivity contribution is 7.88. The molecule has 0 aromatic heterocycles. The Hall–Kier alpha value is -0.0831. The van der Waals surface area contributed by atoms with E-state index in [4.69, 9.17) is 0 Å². The molecule has 3 nitrogen and oxygen atoms in total. The Morgan fingerprint density at radius 3 is 1.85 bits per heavy atom. The summed E-state index contributed by atoms with van der Waals surface area (Å²) in [5.74, 6) is 0. The molecular weight excluding hydrogens is 225 g/mol. The zero-order chi connectivity index (χ0) is 10.7. The van der Waals surface area contributed by atoms with Gasteiger partial charge in [-0.3, -0.25) is 0 Å². The fraction of sp³-hybridized carbons (Fsp3) is 1.00. The maximum atomic E-state index is 11.8. The lowest BCUT2D eigenvalue weighted by Gasteiger charge is -2.13. The van der Waals surface area contributed by atoms with E-state index in [1.165, 1.54) is 0 Å². The maximum Gasteiger partial charge on any atom is 0.522 e. The lowest BCUT2D eigenvalue weighted by Crippen LogP contribution is -2.31. The molecule has 0 aromatic rings. The predicted octanol–water partition coefficient (Wildman–Crippen LogP) is 1.62. The van der Waals surface area contributed by atoms with Crippen LogP contribution in [0.3, 0.4) is 0 Å². The van der Waals surface area contributed by atoms with Gasteiger partial charge in [0.2, 0.25) is 9.04 Å². The van der Waals surface area contributed by atoms with Crippen LogP contribution in [0.4, 0.5) is 13.2 Å². The Morgan fingerprint density at radius 1 is 1.23 bits per heavy atom. The summed E-state index contributed by atoms with van der Waals surface area (Å²) in [5, 5.41) is 0. The molecule has 0 aliphatic rings. The second kappa shape index (κ2) is 4.42. The van der Waals surface area contributed by atoms with Crippen LogP contribution in [0, 0.1) is 0 Å². The molecule has 0 atom stereocenters. The largest absolute Gasteiger partial charge is 0.522 e. The minimum atomic E-state index is -5.36. The molecule has 80 valence electrons. The molecule has 0 aromatic carbocycles. The fourth-order valence-corrected chi connectivity index (χ4v) is 4.19. The van der Waals surface area contributed by atoms with Crippen LogP contribution in [0.15, 0.2) is 0 Å². The van der Waals surface area contributed by atoms with E-state index in [1.807, 2.05) is 0 Å². The molecule has 13 heavy (non-hydrogen) atoms. The number of alkyl halides is 3. The van der Waals surface area contributed by atoms with Crippen LogP contribution in [0.25, 0.3) is 0 Å². The molecule has 0 fully saturated rings. The van der Waals surface area contributed by atoms with Crippen molar-refractivity contribution in [2.45, 2.75) is 31.4 Å². The van der Waals surface area contributed by atoms with Gasteiger partial charge in [0.05, 0.1) is 0 Å². The third-order valence-corrected chi connectivity index (χ3v) is 5.95. The number of rotatable bonds is 4. The first-order valence-electron chi connectivity index (χ1n) is 3.74. The lowest BCUT2D eigenvalue weighted by molar-refractivity contribution is -0.0501. The van der Waals surface area contributed by atoms with Gasteiger partial charge in [-0.25, -0.2) is 0 Å². The fourth-order valence-electron chi connectivity index (χ4n) is 0.658. The van der Waals surface area contributed by atoms with E-state index in [0.29, 0.717) is 12.1 Å². The van der Waals surface area contributed by atoms with Crippen LogP contribution in [-0.2, 0) is 14.0 Å². The number of halogens is 3. The van der Waals surface area contributed by atoms with Gasteiger partial charge in [0, 0.05) is 0 Å². The van der Waals surface area contributed by atoms with Gasteiger partial charge in [-0.2, -0.15) is 21.6 Å². The van der Waals surface area contributed by atoms with Gasteiger partial charge in [0.25, 0.3) is 0 Å².